The predicted molar refractivity (Wildman–Crippen MR) is 89.7 cm³/mol. The molecule has 1 N–H and O–H groups in total. The third-order valence-electron chi connectivity index (χ3n) is 5.77. The number of likely N-dealkylation sites (tertiary alicyclic amines) is 1. The molecule has 2 aliphatic rings. The number of nitrogens with zero attached hydrogens (tertiary/aromatic N) is 1. The van der Waals surface area contributed by atoms with Gasteiger partial charge in [-0.1, -0.05) is 19.8 Å². The summed E-state index contributed by atoms with van der Waals surface area (Å²) < 4.78 is 5.18. The van der Waals surface area contributed by atoms with Crippen LogP contribution in [-0.4, -0.2) is 50.3 Å². The second kappa shape index (κ2) is 7.43. The first-order valence-electron chi connectivity index (χ1n) is 8.92. The van der Waals surface area contributed by atoms with Crippen LogP contribution in [0.1, 0.15) is 59.3 Å². The Kier molecular flexibility index (Phi) is 6.10. The lowest BCUT2D eigenvalue weighted by molar-refractivity contribution is 0.0487. The summed E-state index contributed by atoms with van der Waals surface area (Å²) in [6, 6.07) is 0. The van der Waals surface area contributed by atoms with Crippen LogP contribution in [0.4, 0.5) is 0 Å². The zero-order valence-electron chi connectivity index (χ0n) is 14.7. The van der Waals surface area contributed by atoms with Gasteiger partial charge in [0.2, 0.25) is 0 Å². The summed E-state index contributed by atoms with van der Waals surface area (Å²) in [5.74, 6) is 0.883. The first-order chi connectivity index (χ1) is 9.97. The zero-order chi connectivity index (χ0) is 15.3. The molecule has 1 saturated heterocycles. The van der Waals surface area contributed by atoms with Crippen molar-refractivity contribution in [2.45, 2.75) is 64.8 Å². The molecule has 0 aromatic carbocycles. The van der Waals surface area contributed by atoms with E-state index in [1.54, 1.807) is 7.11 Å². The van der Waals surface area contributed by atoms with E-state index in [1.165, 1.54) is 51.6 Å². The SMILES string of the molecule is COCCNCC1(CN2CCCC2(C)C)CCCC(C)C1. The highest BCUT2D eigenvalue weighted by molar-refractivity contribution is 4.96. The molecule has 0 spiro atoms. The van der Waals surface area contributed by atoms with Crippen LogP contribution < -0.4 is 5.32 Å². The molecule has 1 saturated carbocycles. The molecule has 2 unspecified atom stereocenters. The van der Waals surface area contributed by atoms with E-state index in [0.717, 1.165) is 25.6 Å². The molecule has 2 rings (SSSR count). The monoisotopic (exact) mass is 296 g/mol. The molecule has 3 heteroatoms. The number of ether oxygens (including phenoxy) is 1. The van der Waals surface area contributed by atoms with Crippen LogP contribution in [0.3, 0.4) is 0 Å². The summed E-state index contributed by atoms with van der Waals surface area (Å²) in [5.41, 5.74) is 0.882. The van der Waals surface area contributed by atoms with Crippen LogP contribution >= 0.6 is 0 Å². The Morgan fingerprint density at radius 1 is 1.24 bits per heavy atom. The van der Waals surface area contributed by atoms with E-state index in [0.29, 0.717) is 11.0 Å². The molecule has 124 valence electrons. The molecule has 1 aliphatic heterocycles. The Balaban J connectivity index is 1.97. The van der Waals surface area contributed by atoms with Crippen molar-refractivity contribution >= 4 is 0 Å². The summed E-state index contributed by atoms with van der Waals surface area (Å²) in [6.45, 7) is 12.8. The highest BCUT2D eigenvalue weighted by Gasteiger charge is 2.41. The second-order valence-electron chi connectivity index (χ2n) is 8.21. The smallest absolute Gasteiger partial charge is 0.0587 e. The lowest BCUT2D eigenvalue weighted by Crippen LogP contribution is -2.51. The molecule has 0 amide bonds. The van der Waals surface area contributed by atoms with Crippen molar-refractivity contribution in [2.75, 3.05) is 39.9 Å². The third-order valence-corrected chi connectivity index (χ3v) is 5.77. The molecule has 0 bridgehead atoms. The van der Waals surface area contributed by atoms with Crippen molar-refractivity contribution in [1.29, 1.82) is 0 Å². The van der Waals surface area contributed by atoms with Crippen molar-refractivity contribution in [3.63, 3.8) is 0 Å². The fraction of sp³-hybridized carbons (Fsp3) is 1.00. The van der Waals surface area contributed by atoms with Crippen molar-refractivity contribution in [1.82, 2.24) is 10.2 Å². The van der Waals surface area contributed by atoms with Crippen LogP contribution in [-0.2, 0) is 4.74 Å². The van der Waals surface area contributed by atoms with Gasteiger partial charge in [0.25, 0.3) is 0 Å². The summed E-state index contributed by atoms with van der Waals surface area (Å²) >= 11 is 0. The van der Waals surface area contributed by atoms with E-state index in [9.17, 15) is 0 Å². The highest BCUT2D eigenvalue weighted by atomic mass is 16.5. The second-order valence-corrected chi connectivity index (χ2v) is 8.21. The molecule has 0 radical (unpaired) electrons. The predicted octanol–water partition coefficient (Wildman–Crippen LogP) is 3.29. The van der Waals surface area contributed by atoms with Gasteiger partial charge < -0.3 is 10.1 Å². The van der Waals surface area contributed by atoms with E-state index >= 15 is 0 Å². The van der Waals surface area contributed by atoms with E-state index in [4.69, 9.17) is 4.74 Å². The number of rotatable bonds is 7. The minimum atomic E-state index is 0.403. The molecule has 3 nitrogen and oxygen atoms in total. The highest BCUT2D eigenvalue weighted by Crippen LogP contribution is 2.42. The van der Waals surface area contributed by atoms with Gasteiger partial charge in [0.15, 0.2) is 0 Å². The van der Waals surface area contributed by atoms with Crippen molar-refractivity contribution in [3.8, 4) is 0 Å². The topological polar surface area (TPSA) is 24.5 Å². The van der Waals surface area contributed by atoms with Gasteiger partial charge in [0.05, 0.1) is 6.61 Å². The summed E-state index contributed by atoms with van der Waals surface area (Å²) in [5, 5.41) is 3.67. The molecule has 0 aromatic heterocycles. The summed E-state index contributed by atoms with van der Waals surface area (Å²) in [4.78, 5) is 2.77. The number of hydrogen-bond donors (Lipinski definition) is 1. The maximum atomic E-state index is 5.18. The van der Waals surface area contributed by atoms with Gasteiger partial charge in [0.1, 0.15) is 0 Å². The Labute approximate surface area is 131 Å². The Morgan fingerprint density at radius 2 is 2.05 bits per heavy atom. The van der Waals surface area contributed by atoms with Crippen molar-refractivity contribution in [3.05, 3.63) is 0 Å². The fourth-order valence-electron chi connectivity index (χ4n) is 4.52. The van der Waals surface area contributed by atoms with E-state index in [1.807, 2.05) is 0 Å². The fourth-order valence-corrected chi connectivity index (χ4v) is 4.52. The summed E-state index contributed by atoms with van der Waals surface area (Å²) in [7, 11) is 1.78. The molecule has 1 aliphatic carbocycles. The van der Waals surface area contributed by atoms with Gasteiger partial charge >= 0.3 is 0 Å². The van der Waals surface area contributed by atoms with Gasteiger partial charge in [-0.2, -0.15) is 0 Å². The quantitative estimate of drug-likeness (QED) is 0.730. The van der Waals surface area contributed by atoms with Crippen LogP contribution in [0.15, 0.2) is 0 Å². The number of hydrogen-bond acceptors (Lipinski definition) is 3. The average molecular weight is 296 g/mol. The molecular formula is C18H36N2O. The third kappa shape index (κ3) is 4.67. The van der Waals surface area contributed by atoms with Crippen LogP contribution in [0.25, 0.3) is 0 Å². The average Bonchev–Trinajstić information content (AvgIpc) is 2.74. The normalized spacial score (nSPS) is 33.4. The number of nitrogens with one attached hydrogen (secondary N) is 1. The van der Waals surface area contributed by atoms with Crippen molar-refractivity contribution < 1.29 is 4.74 Å². The minimum Gasteiger partial charge on any atom is -0.383 e. The van der Waals surface area contributed by atoms with Gasteiger partial charge in [-0.05, 0) is 57.4 Å². The molecule has 2 fully saturated rings. The van der Waals surface area contributed by atoms with Gasteiger partial charge in [0, 0.05) is 32.3 Å². The first-order valence-corrected chi connectivity index (χ1v) is 8.92. The molecule has 1 heterocycles. The van der Waals surface area contributed by atoms with Crippen LogP contribution in [0, 0.1) is 11.3 Å². The Morgan fingerprint density at radius 3 is 2.67 bits per heavy atom. The summed E-state index contributed by atoms with van der Waals surface area (Å²) in [6.07, 6.45) is 8.33. The maximum Gasteiger partial charge on any atom is 0.0587 e. The van der Waals surface area contributed by atoms with Crippen molar-refractivity contribution in [2.24, 2.45) is 11.3 Å². The Bertz CT molecular complexity index is 318. The number of methoxy groups -OCH3 is 1. The zero-order valence-corrected chi connectivity index (χ0v) is 14.7. The molecule has 0 aromatic rings. The first kappa shape index (κ1) is 17.2. The van der Waals surface area contributed by atoms with Crippen LogP contribution in [0.2, 0.25) is 0 Å². The molecule has 21 heavy (non-hydrogen) atoms. The van der Waals surface area contributed by atoms with Gasteiger partial charge in [-0.3, -0.25) is 4.90 Å². The lowest BCUT2D eigenvalue weighted by Gasteiger charge is -2.46. The lowest BCUT2D eigenvalue weighted by atomic mass is 9.69. The minimum absolute atomic E-state index is 0.403. The molecule has 2 atom stereocenters. The standard InChI is InChI=1S/C18H36N2O/c1-16-7-5-9-18(13-16,14-19-10-12-21-4)15-20-11-6-8-17(20,2)3/h16,19H,5-15H2,1-4H3. The maximum absolute atomic E-state index is 5.18. The molecular weight excluding hydrogens is 260 g/mol. The Hall–Kier alpha value is -0.120. The van der Waals surface area contributed by atoms with E-state index in [2.05, 4.69) is 31.0 Å². The van der Waals surface area contributed by atoms with Gasteiger partial charge in [-0.15, -0.1) is 0 Å². The van der Waals surface area contributed by atoms with E-state index < -0.39 is 0 Å². The van der Waals surface area contributed by atoms with Gasteiger partial charge in [-0.25, -0.2) is 0 Å². The largest absolute Gasteiger partial charge is 0.383 e. The van der Waals surface area contributed by atoms with E-state index in [-0.39, 0.29) is 0 Å². The van der Waals surface area contributed by atoms with Crippen LogP contribution in [0.5, 0.6) is 0 Å².